The highest BCUT2D eigenvalue weighted by atomic mass is 16.2. The Balaban J connectivity index is 2.13. The van der Waals surface area contributed by atoms with Gasteiger partial charge >= 0.3 is 0 Å². The van der Waals surface area contributed by atoms with Gasteiger partial charge in [-0.1, -0.05) is 29.8 Å². The van der Waals surface area contributed by atoms with Gasteiger partial charge in [-0.3, -0.25) is 4.79 Å². The van der Waals surface area contributed by atoms with E-state index >= 15 is 0 Å². The van der Waals surface area contributed by atoms with Crippen LogP contribution >= 0.6 is 0 Å². The smallest absolute Gasteiger partial charge is 0.231 e. The molecule has 0 fully saturated rings. The van der Waals surface area contributed by atoms with Crippen LogP contribution in [0.15, 0.2) is 48.5 Å². The molecule has 3 heteroatoms. The van der Waals surface area contributed by atoms with Crippen molar-refractivity contribution in [1.29, 1.82) is 5.26 Å². The summed E-state index contributed by atoms with van der Waals surface area (Å²) in [7, 11) is 0. The number of hydrogen-bond acceptors (Lipinski definition) is 2. The molecule has 0 bridgehead atoms. The molecule has 106 valence electrons. The third kappa shape index (κ3) is 3.70. The standard InChI is InChI=1S/C18H18N2O/c1-3-20(17-10-4-14(2)5-11-17)18(21)12-15-6-8-16(13-19)9-7-15/h4-11H,3,12H2,1-2H3. The summed E-state index contributed by atoms with van der Waals surface area (Å²) in [5.41, 5.74) is 3.62. The Bertz CT molecular complexity index is 651. The van der Waals surface area contributed by atoms with Gasteiger partial charge in [0, 0.05) is 12.2 Å². The second-order valence-electron chi connectivity index (χ2n) is 4.96. The summed E-state index contributed by atoms with van der Waals surface area (Å²) in [5.74, 6) is 0.0612. The minimum atomic E-state index is 0.0612. The van der Waals surface area contributed by atoms with Gasteiger partial charge < -0.3 is 4.90 Å². The Morgan fingerprint density at radius 3 is 2.24 bits per heavy atom. The quantitative estimate of drug-likeness (QED) is 0.859. The van der Waals surface area contributed by atoms with Crippen LogP contribution in [0.25, 0.3) is 0 Å². The van der Waals surface area contributed by atoms with E-state index in [0.717, 1.165) is 11.3 Å². The van der Waals surface area contributed by atoms with Gasteiger partial charge in [-0.2, -0.15) is 5.26 Å². The van der Waals surface area contributed by atoms with Gasteiger partial charge in [-0.05, 0) is 43.7 Å². The van der Waals surface area contributed by atoms with Crippen LogP contribution in [0, 0.1) is 18.3 Å². The second-order valence-corrected chi connectivity index (χ2v) is 4.96. The van der Waals surface area contributed by atoms with E-state index in [2.05, 4.69) is 6.07 Å². The van der Waals surface area contributed by atoms with Crippen LogP contribution in [0.2, 0.25) is 0 Å². The molecule has 0 heterocycles. The topological polar surface area (TPSA) is 44.1 Å². The minimum absolute atomic E-state index is 0.0612. The van der Waals surface area contributed by atoms with Crippen molar-refractivity contribution in [3.8, 4) is 6.07 Å². The lowest BCUT2D eigenvalue weighted by Gasteiger charge is -2.21. The van der Waals surface area contributed by atoms with Crippen LogP contribution < -0.4 is 4.90 Å². The maximum Gasteiger partial charge on any atom is 0.231 e. The monoisotopic (exact) mass is 278 g/mol. The maximum atomic E-state index is 12.4. The highest BCUT2D eigenvalue weighted by Crippen LogP contribution is 2.16. The zero-order valence-corrected chi connectivity index (χ0v) is 12.3. The molecule has 2 aromatic rings. The number of carbonyl (C=O) groups excluding carboxylic acids is 1. The average molecular weight is 278 g/mol. The predicted molar refractivity (Wildman–Crippen MR) is 84.1 cm³/mol. The number of nitriles is 1. The predicted octanol–water partition coefficient (Wildman–Crippen LogP) is 3.46. The van der Waals surface area contributed by atoms with Gasteiger partial charge in [0.25, 0.3) is 0 Å². The van der Waals surface area contributed by atoms with E-state index in [-0.39, 0.29) is 5.91 Å². The number of hydrogen-bond donors (Lipinski definition) is 0. The fraction of sp³-hybridized carbons (Fsp3) is 0.222. The summed E-state index contributed by atoms with van der Waals surface area (Å²) < 4.78 is 0. The van der Waals surface area contributed by atoms with Crippen molar-refractivity contribution in [2.24, 2.45) is 0 Å². The van der Waals surface area contributed by atoms with E-state index in [1.54, 1.807) is 17.0 Å². The highest BCUT2D eigenvalue weighted by molar-refractivity contribution is 5.94. The zero-order valence-electron chi connectivity index (χ0n) is 12.3. The third-order valence-electron chi connectivity index (χ3n) is 3.40. The van der Waals surface area contributed by atoms with E-state index in [0.29, 0.717) is 18.5 Å². The second kappa shape index (κ2) is 6.71. The summed E-state index contributed by atoms with van der Waals surface area (Å²) in [5, 5.41) is 8.78. The molecule has 21 heavy (non-hydrogen) atoms. The Morgan fingerprint density at radius 1 is 1.10 bits per heavy atom. The molecule has 0 saturated heterocycles. The molecule has 2 rings (SSSR count). The first kappa shape index (κ1) is 14.8. The summed E-state index contributed by atoms with van der Waals surface area (Å²) in [6.45, 7) is 4.63. The van der Waals surface area contributed by atoms with E-state index in [1.165, 1.54) is 5.56 Å². The van der Waals surface area contributed by atoms with Crippen LogP contribution in [0.1, 0.15) is 23.6 Å². The van der Waals surface area contributed by atoms with Gasteiger partial charge in [0.05, 0.1) is 18.1 Å². The molecular formula is C18H18N2O. The zero-order chi connectivity index (χ0) is 15.2. The Morgan fingerprint density at radius 2 is 1.71 bits per heavy atom. The molecule has 0 radical (unpaired) electrons. The molecule has 0 spiro atoms. The van der Waals surface area contributed by atoms with Crippen molar-refractivity contribution in [3.05, 3.63) is 65.2 Å². The molecular weight excluding hydrogens is 260 g/mol. The first-order chi connectivity index (χ1) is 10.1. The van der Waals surface area contributed by atoms with Crippen molar-refractivity contribution < 1.29 is 4.79 Å². The number of rotatable bonds is 4. The summed E-state index contributed by atoms with van der Waals surface area (Å²) >= 11 is 0. The normalized spacial score (nSPS) is 9.95. The molecule has 0 unspecified atom stereocenters. The van der Waals surface area contributed by atoms with Crippen molar-refractivity contribution in [1.82, 2.24) is 0 Å². The molecule has 0 aliphatic carbocycles. The average Bonchev–Trinajstić information content (AvgIpc) is 2.50. The Kier molecular flexibility index (Phi) is 4.73. The summed E-state index contributed by atoms with van der Waals surface area (Å²) in [6.07, 6.45) is 0.341. The molecule has 1 amide bonds. The number of carbonyl (C=O) groups is 1. The lowest BCUT2D eigenvalue weighted by Crippen LogP contribution is -2.31. The molecule has 0 saturated carbocycles. The lowest BCUT2D eigenvalue weighted by atomic mass is 10.1. The van der Waals surface area contributed by atoms with Crippen LogP contribution in [-0.2, 0) is 11.2 Å². The minimum Gasteiger partial charge on any atom is -0.312 e. The van der Waals surface area contributed by atoms with Crippen LogP contribution in [-0.4, -0.2) is 12.5 Å². The van der Waals surface area contributed by atoms with Gasteiger partial charge in [0.2, 0.25) is 5.91 Å². The van der Waals surface area contributed by atoms with Gasteiger partial charge in [-0.25, -0.2) is 0 Å². The fourth-order valence-corrected chi connectivity index (χ4v) is 2.19. The van der Waals surface area contributed by atoms with Crippen molar-refractivity contribution in [2.45, 2.75) is 20.3 Å². The first-order valence-corrected chi connectivity index (χ1v) is 7.00. The van der Waals surface area contributed by atoms with Crippen molar-refractivity contribution in [3.63, 3.8) is 0 Å². The summed E-state index contributed by atoms with van der Waals surface area (Å²) in [6, 6.07) is 17.2. The number of anilines is 1. The van der Waals surface area contributed by atoms with Crippen molar-refractivity contribution in [2.75, 3.05) is 11.4 Å². The molecule has 0 aliphatic heterocycles. The van der Waals surface area contributed by atoms with Gasteiger partial charge in [0.1, 0.15) is 0 Å². The third-order valence-corrected chi connectivity index (χ3v) is 3.40. The van der Waals surface area contributed by atoms with E-state index in [9.17, 15) is 4.79 Å². The molecule has 0 aliphatic rings. The SMILES string of the molecule is CCN(C(=O)Cc1ccc(C#N)cc1)c1ccc(C)cc1. The van der Waals surface area contributed by atoms with Crippen LogP contribution in [0.5, 0.6) is 0 Å². The van der Waals surface area contributed by atoms with Crippen LogP contribution in [0.3, 0.4) is 0 Å². The van der Waals surface area contributed by atoms with E-state index in [4.69, 9.17) is 5.26 Å². The number of nitrogens with zero attached hydrogens (tertiary/aromatic N) is 2. The largest absolute Gasteiger partial charge is 0.312 e. The van der Waals surface area contributed by atoms with Crippen LogP contribution in [0.4, 0.5) is 5.69 Å². The number of aryl methyl sites for hydroxylation is 1. The molecule has 0 N–H and O–H groups in total. The molecule has 0 atom stereocenters. The lowest BCUT2D eigenvalue weighted by molar-refractivity contribution is -0.117. The number of benzene rings is 2. The molecule has 2 aromatic carbocycles. The maximum absolute atomic E-state index is 12.4. The van der Waals surface area contributed by atoms with Gasteiger partial charge in [-0.15, -0.1) is 0 Å². The first-order valence-electron chi connectivity index (χ1n) is 7.00. The molecule has 0 aromatic heterocycles. The Hall–Kier alpha value is -2.60. The van der Waals surface area contributed by atoms with E-state index in [1.807, 2.05) is 50.2 Å². The highest BCUT2D eigenvalue weighted by Gasteiger charge is 2.14. The Labute approximate surface area is 125 Å². The summed E-state index contributed by atoms with van der Waals surface area (Å²) in [4.78, 5) is 14.2. The van der Waals surface area contributed by atoms with Crippen molar-refractivity contribution >= 4 is 11.6 Å². The van der Waals surface area contributed by atoms with Gasteiger partial charge in [0.15, 0.2) is 0 Å². The number of amides is 1. The fourth-order valence-electron chi connectivity index (χ4n) is 2.19. The number of likely N-dealkylation sites (N-methyl/N-ethyl adjacent to an activating group) is 1. The molecule has 3 nitrogen and oxygen atoms in total. The van der Waals surface area contributed by atoms with E-state index < -0.39 is 0 Å².